The summed E-state index contributed by atoms with van der Waals surface area (Å²) in [6.07, 6.45) is 0.304. The summed E-state index contributed by atoms with van der Waals surface area (Å²) in [5, 5.41) is 3.16. The molecule has 2 N–H and O–H groups in total. The normalized spacial score (nSPS) is 10.5. The highest BCUT2D eigenvalue weighted by atomic mass is 35.5. The molecule has 0 atom stereocenters. The number of hydrogen-bond acceptors (Lipinski definition) is 4. The third kappa shape index (κ3) is 2.84. The Morgan fingerprint density at radius 1 is 1.53 bits per heavy atom. The summed E-state index contributed by atoms with van der Waals surface area (Å²) >= 11 is 7.37. The minimum absolute atomic E-state index is 0.00116. The largest absolute Gasteiger partial charge is 0.398 e. The lowest BCUT2D eigenvalue weighted by molar-refractivity contribution is 0.0993. The van der Waals surface area contributed by atoms with Crippen LogP contribution in [0.15, 0.2) is 23.6 Å². The highest BCUT2D eigenvalue weighted by Crippen LogP contribution is 2.21. The molecule has 0 fully saturated rings. The number of nitrogens with two attached hydrogens (primary N) is 1. The van der Waals surface area contributed by atoms with Crippen LogP contribution in [0, 0.1) is 6.92 Å². The maximum absolute atomic E-state index is 12.0. The van der Waals surface area contributed by atoms with Crippen LogP contribution in [0.3, 0.4) is 0 Å². The third-order valence-electron chi connectivity index (χ3n) is 2.30. The fourth-order valence-corrected chi connectivity index (χ4v) is 2.37. The number of nitrogen functional groups attached to an aromatic ring is 1. The van der Waals surface area contributed by atoms with E-state index >= 15 is 0 Å². The second kappa shape index (κ2) is 4.85. The number of thiazole rings is 1. The molecule has 0 amide bonds. The smallest absolute Gasteiger partial charge is 0.169 e. The van der Waals surface area contributed by atoms with E-state index in [0.29, 0.717) is 22.7 Å². The maximum atomic E-state index is 12.0. The monoisotopic (exact) mass is 266 g/mol. The summed E-state index contributed by atoms with van der Waals surface area (Å²) < 4.78 is 0. The van der Waals surface area contributed by atoms with Crippen molar-refractivity contribution in [1.29, 1.82) is 0 Å². The van der Waals surface area contributed by atoms with Crippen LogP contribution in [0.4, 0.5) is 5.69 Å². The molecule has 0 radical (unpaired) electrons. The fourth-order valence-electron chi connectivity index (χ4n) is 1.42. The number of rotatable bonds is 3. The molecule has 0 aliphatic carbocycles. The lowest BCUT2D eigenvalue weighted by atomic mass is 10.1. The van der Waals surface area contributed by atoms with Crippen molar-refractivity contribution in [2.24, 2.45) is 0 Å². The highest BCUT2D eigenvalue weighted by molar-refractivity contribution is 7.09. The van der Waals surface area contributed by atoms with Crippen molar-refractivity contribution in [3.8, 4) is 0 Å². The lowest BCUT2D eigenvalue weighted by Crippen LogP contribution is -2.03. The number of halogens is 1. The number of Topliss-reactive ketones (excluding diaryl/α,β-unsaturated/α-hetero) is 1. The van der Waals surface area contributed by atoms with Crippen LogP contribution < -0.4 is 5.73 Å². The average Bonchev–Trinajstić information content (AvgIpc) is 2.68. The van der Waals surface area contributed by atoms with Crippen molar-refractivity contribution in [1.82, 2.24) is 4.98 Å². The molecule has 3 nitrogen and oxygen atoms in total. The molecule has 0 aliphatic heterocycles. The van der Waals surface area contributed by atoms with Gasteiger partial charge in [-0.15, -0.1) is 11.3 Å². The molecule has 0 spiro atoms. The van der Waals surface area contributed by atoms with Gasteiger partial charge in [0.05, 0.1) is 17.1 Å². The second-order valence-electron chi connectivity index (χ2n) is 3.72. The first-order valence-corrected chi connectivity index (χ1v) is 6.31. The number of anilines is 1. The number of aromatic nitrogens is 1. The number of carbonyl (C=O) groups is 1. The van der Waals surface area contributed by atoms with Gasteiger partial charge in [0.25, 0.3) is 0 Å². The Morgan fingerprint density at radius 3 is 2.88 bits per heavy atom. The highest BCUT2D eigenvalue weighted by Gasteiger charge is 2.10. The molecule has 0 bridgehead atoms. The van der Waals surface area contributed by atoms with Gasteiger partial charge < -0.3 is 5.73 Å². The van der Waals surface area contributed by atoms with Crippen LogP contribution in [-0.2, 0) is 6.42 Å². The minimum Gasteiger partial charge on any atom is -0.398 e. The molecule has 0 aliphatic rings. The number of benzene rings is 1. The fraction of sp³-hybridized carbons (Fsp3) is 0.167. The first-order chi connectivity index (χ1) is 8.06. The molecule has 17 heavy (non-hydrogen) atoms. The van der Waals surface area contributed by atoms with Crippen molar-refractivity contribution in [2.45, 2.75) is 13.3 Å². The lowest BCUT2D eigenvalue weighted by Gasteiger charge is -2.02. The van der Waals surface area contributed by atoms with Crippen LogP contribution in [0.25, 0.3) is 0 Å². The Labute approximate surface area is 108 Å². The predicted molar refractivity (Wildman–Crippen MR) is 70.7 cm³/mol. The number of aryl methyl sites for hydroxylation is 1. The molecule has 2 aromatic rings. The number of ketones is 1. The van der Waals surface area contributed by atoms with Gasteiger partial charge >= 0.3 is 0 Å². The summed E-state index contributed by atoms with van der Waals surface area (Å²) in [5.41, 5.74) is 7.58. The van der Waals surface area contributed by atoms with E-state index in [1.807, 2.05) is 12.3 Å². The second-order valence-corrected chi connectivity index (χ2v) is 5.07. The summed E-state index contributed by atoms with van der Waals surface area (Å²) in [4.78, 5) is 16.2. The zero-order valence-corrected chi connectivity index (χ0v) is 10.8. The third-order valence-corrected chi connectivity index (χ3v) is 3.59. The van der Waals surface area contributed by atoms with Crippen molar-refractivity contribution in [2.75, 3.05) is 5.73 Å². The van der Waals surface area contributed by atoms with Gasteiger partial charge in [-0.1, -0.05) is 11.6 Å². The van der Waals surface area contributed by atoms with Gasteiger partial charge in [0.2, 0.25) is 0 Å². The molecule has 0 saturated heterocycles. The van der Waals surface area contributed by atoms with E-state index in [4.69, 9.17) is 17.3 Å². The van der Waals surface area contributed by atoms with E-state index in [2.05, 4.69) is 4.98 Å². The molecule has 0 saturated carbocycles. The zero-order valence-electron chi connectivity index (χ0n) is 9.24. The molecular weight excluding hydrogens is 256 g/mol. The molecule has 5 heteroatoms. The Balaban J connectivity index is 2.17. The summed E-state index contributed by atoms with van der Waals surface area (Å²) in [6.45, 7) is 1.91. The van der Waals surface area contributed by atoms with Crippen molar-refractivity contribution >= 4 is 34.4 Å². The van der Waals surface area contributed by atoms with Gasteiger partial charge in [-0.2, -0.15) is 0 Å². The summed E-state index contributed by atoms with van der Waals surface area (Å²) in [7, 11) is 0. The number of hydrogen-bond donors (Lipinski definition) is 1. The molecule has 88 valence electrons. The molecular formula is C12H11ClN2OS. The van der Waals surface area contributed by atoms with Gasteiger partial charge in [0.1, 0.15) is 5.01 Å². The molecule has 1 aromatic carbocycles. The first-order valence-electron chi connectivity index (χ1n) is 5.05. The van der Waals surface area contributed by atoms with E-state index in [1.165, 1.54) is 11.3 Å². The van der Waals surface area contributed by atoms with E-state index < -0.39 is 0 Å². The van der Waals surface area contributed by atoms with Crippen LogP contribution >= 0.6 is 22.9 Å². The quantitative estimate of drug-likeness (QED) is 0.686. The van der Waals surface area contributed by atoms with E-state index in [1.54, 1.807) is 18.2 Å². The Kier molecular flexibility index (Phi) is 3.45. The van der Waals surface area contributed by atoms with E-state index in [9.17, 15) is 4.79 Å². The van der Waals surface area contributed by atoms with Gasteiger partial charge in [-0.25, -0.2) is 4.98 Å². The van der Waals surface area contributed by atoms with Crippen LogP contribution in [0.1, 0.15) is 21.1 Å². The van der Waals surface area contributed by atoms with Gasteiger partial charge in [-0.3, -0.25) is 4.79 Å². The SMILES string of the molecule is Cc1csc(CC(=O)c2ccc(N)c(Cl)c2)n1. The minimum atomic E-state index is 0.00116. The van der Waals surface area contributed by atoms with Crippen LogP contribution in [0.2, 0.25) is 5.02 Å². The molecule has 0 unspecified atom stereocenters. The summed E-state index contributed by atoms with van der Waals surface area (Å²) in [5.74, 6) is 0.00116. The van der Waals surface area contributed by atoms with Crippen molar-refractivity contribution in [3.05, 3.63) is 44.9 Å². The molecule has 1 heterocycles. The first kappa shape index (κ1) is 12.1. The van der Waals surface area contributed by atoms with Gasteiger partial charge in [0, 0.05) is 16.6 Å². The molecule has 1 aromatic heterocycles. The average molecular weight is 267 g/mol. The van der Waals surface area contributed by atoms with Gasteiger partial charge in [0.15, 0.2) is 5.78 Å². The topological polar surface area (TPSA) is 56.0 Å². The van der Waals surface area contributed by atoms with Crippen LogP contribution in [0.5, 0.6) is 0 Å². The zero-order chi connectivity index (χ0) is 12.4. The Hall–Kier alpha value is -1.39. The maximum Gasteiger partial charge on any atom is 0.169 e. The van der Waals surface area contributed by atoms with E-state index in [0.717, 1.165) is 10.7 Å². The standard InChI is InChI=1S/C12H11ClN2OS/c1-7-6-17-12(15-7)5-11(16)8-2-3-10(14)9(13)4-8/h2-4,6H,5,14H2,1H3. The van der Waals surface area contributed by atoms with Crippen molar-refractivity contribution < 1.29 is 4.79 Å². The predicted octanol–water partition coefficient (Wildman–Crippen LogP) is 3.11. The number of carbonyl (C=O) groups excluding carboxylic acids is 1. The van der Waals surface area contributed by atoms with Gasteiger partial charge in [-0.05, 0) is 25.1 Å². The van der Waals surface area contributed by atoms with E-state index in [-0.39, 0.29) is 5.78 Å². The van der Waals surface area contributed by atoms with Crippen LogP contribution in [-0.4, -0.2) is 10.8 Å². The number of nitrogens with zero attached hydrogens (tertiary/aromatic N) is 1. The Bertz CT molecular complexity index is 565. The Morgan fingerprint density at radius 2 is 2.29 bits per heavy atom. The van der Waals surface area contributed by atoms with Crippen molar-refractivity contribution in [3.63, 3.8) is 0 Å². The molecule has 2 rings (SSSR count). The summed E-state index contributed by atoms with van der Waals surface area (Å²) in [6, 6.07) is 4.92.